The molecule has 1 aromatic heterocycles. The Morgan fingerprint density at radius 3 is 2.66 bits per heavy atom. The van der Waals surface area contributed by atoms with Crippen LogP contribution in [0.3, 0.4) is 0 Å². The molecule has 0 aliphatic heterocycles. The lowest BCUT2D eigenvalue weighted by molar-refractivity contribution is 0.0715. The molecular weight excluding hydrogens is 364 g/mol. The van der Waals surface area contributed by atoms with Gasteiger partial charge in [0.2, 0.25) is 0 Å². The van der Waals surface area contributed by atoms with Crippen molar-refractivity contribution in [2.24, 2.45) is 0 Å². The smallest absolute Gasteiger partial charge is 0.254 e. The number of aryl methyl sites for hydroxylation is 3. The monoisotopic (exact) mass is 390 g/mol. The third kappa shape index (κ3) is 3.90. The molecule has 1 aliphatic rings. The van der Waals surface area contributed by atoms with Crippen LogP contribution in [0.5, 0.6) is 5.75 Å². The van der Waals surface area contributed by atoms with E-state index in [4.69, 9.17) is 9.26 Å². The highest BCUT2D eigenvalue weighted by atomic mass is 16.5. The van der Waals surface area contributed by atoms with E-state index >= 15 is 0 Å². The van der Waals surface area contributed by atoms with Crippen molar-refractivity contribution >= 4 is 5.91 Å². The highest BCUT2D eigenvalue weighted by molar-refractivity contribution is 5.94. The summed E-state index contributed by atoms with van der Waals surface area (Å²) in [6.45, 7) is 4.17. The normalized spacial score (nSPS) is 15.6. The number of ether oxygens (including phenoxy) is 1. The number of rotatable bonds is 5. The van der Waals surface area contributed by atoms with Gasteiger partial charge in [-0.25, -0.2) is 0 Å². The maximum absolute atomic E-state index is 13.1. The number of carbonyl (C=O) groups excluding carboxylic acids is 1. The number of hydrogen-bond acceptors (Lipinski definition) is 4. The molecule has 1 atom stereocenters. The minimum Gasteiger partial charge on any atom is -0.489 e. The Hall–Kier alpha value is -3.08. The minimum absolute atomic E-state index is 0.0315. The lowest BCUT2D eigenvalue weighted by Gasteiger charge is -2.33. The van der Waals surface area contributed by atoms with Crippen molar-refractivity contribution < 1.29 is 14.1 Å². The quantitative estimate of drug-likeness (QED) is 0.614. The standard InChI is InChI=1S/C24H26N2O3/c1-16-22(17(2)29-25-16)15-28-20-13-11-19(12-14-20)24(27)26(3)23-10-6-8-18-7-4-5-9-21(18)23/h4-5,7,9,11-14,23H,6,8,10,15H2,1-3H3. The summed E-state index contributed by atoms with van der Waals surface area (Å²) in [5.41, 5.74) is 5.09. The molecule has 2 aromatic carbocycles. The Kier molecular flexibility index (Phi) is 5.38. The molecule has 1 aliphatic carbocycles. The van der Waals surface area contributed by atoms with Crippen LogP contribution in [0.25, 0.3) is 0 Å². The second-order valence-corrected chi connectivity index (χ2v) is 7.64. The van der Waals surface area contributed by atoms with E-state index in [0.717, 1.165) is 36.3 Å². The fraction of sp³-hybridized carbons (Fsp3) is 0.333. The maximum atomic E-state index is 13.1. The van der Waals surface area contributed by atoms with Gasteiger partial charge in [0.05, 0.1) is 17.3 Å². The van der Waals surface area contributed by atoms with Crippen LogP contribution in [-0.4, -0.2) is 23.0 Å². The molecule has 29 heavy (non-hydrogen) atoms. The summed E-state index contributed by atoms with van der Waals surface area (Å²) >= 11 is 0. The van der Waals surface area contributed by atoms with Gasteiger partial charge in [-0.2, -0.15) is 0 Å². The van der Waals surface area contributed by atoms with E-state index in [9.17, 15) is 4.79 Å². The van der Waals surface area contributed by atoms with Gasteiger partial charge in [-0.1, -0.05) is 29.4 Å². The molecule has 5 heteroatoms. The average Bonchev–Trinajstić information content (AvgIpc) is 3.08. The molecule has 0 bridgehead atoms. The van der Waals surface area contributed by atoms with Crippen molar-refractivity contribution in [1.82, 2.24) is 10.1 Å². The highest BCUT2D eigenvalue weighted by Crippen LogP contribution is 2.34. The van der Waals surface area contributed by atoms with Gasteiger partial charge in [-0.05, 0) is 68.5 Å². The number of fused-ring (bicyclic) bond motifs is 1. The first kappa shape index (κ1) is 19.2. The van der Waals surface area contributed by atoms with Crippen LogP contribution >= 0.6 is 0 Å². The van der Waals surface area contributed by atoms with Gasteiger partial charge in [0.25, 0.3) is 5.91 Å². The second-order valence-electron chi connectivity index (χ2n) is 7.64. The largest absolute Gasteiger partial charge is 0.489 e. The molecule has 150 valence electrons. The Balaban J connectivity index is 1.44. The summed E-state index contributed by atoms with van der Waals surface area (Å²) in [6, 6.07) is 15.9. The van der Waals surface area contributed by atoms with Crippen LogP contribution in [0.1, 0.15) is 57.4 Å². The van der Waals surface area contributed by atoms with Gasteiger partial charge in [0.15, 0.2) is 0 Å². The highest BCUT2D eigenvalue weighted by Gasteiger charge is 2.27. The predicted molar refractivity (Wildman–Crippen MR) is 111 cm³/mol. The summed E-state index contributed by atoms with van der Waals surface area (Å²) in [6.07, 6.45) is 3.19. The molecule has 1 unspecified atom stereocenters. The second kappa shape index (κ2) is 8.11. The van der Waals surface area contributed by atoms with E-state index in [1.54, 1.807) is 0 Å². The lowest BCUT2D eigenvalue weighted by Crippen LogP contribution is -2.33. The van der Waals surface area contributed by atoms with E-state index in [2.05, 4.69) is 29.4 Å². The SMILES string of the molecule is Cc1noc(C)c1COc1ccc(C(=O)N(C)C2CCCc3ccccc32)cc1. The molecule has 0 saturated carbocycles. The molecule has 0 fully saturated rings. The third-order valence-electron chi connectivity index (χ3n) is 5.79. The molecule has 0 N–H and O–H groups in total. The summed E-state index contributed by atoms with van der Waals surface area (Å²) in [5.74, 6) is 1.51. The van der Waals surface area contributed by atoms with E-state index in [1.807, 2.05) is 50.1 Å². The van der Waals surface area contributed by atoms with Crippen molar-refractivity contribution in [1.29, 1.82) is 0 Å². The molecular formula is C24H26N2O3. The number of nitrogens with zero attached hydrogens (tertiary/aromatic N) is 2. The third-order valence-corrected chi connectivity index (χ3v) is 5.79. The van der Waals surface area contributed by atoms with Crippen molar-refractivity contribution in [3.63, 3.8) is 0 Å². The summed E-state index contributed by atoms with van der Waals surface area (Å²) in [4.78, 5) is 14.9. The van der Waals surface area contributed by atoms with E-state index in [1.165, 1.54) is 11.1 Å². The molecule has 3 aromatic rings. The van der Waals surface area contributed by atoms with Gasteiger partial charge < -0.3 is 14.2 Å². The van der Waals surface area contributed by atoms with Crippen molar-refractivity contribution in [3.05, 3.63) is 82.2 Å². The Bertz CT molecular complexity index is 988. The molecule has 0 saturated heterocycles. The van der Waals surface area contributed by atoms with Crippen LogP contribution in [0.4, 0.5) is 0 Å². The van der Waals surface area contributed by atoms with Crippen molar-refractivity contribution in [3.8, 4) is 5.75 Å². The van der Waals surface area contributed by atoms with E-state index in [-0.39, 0.29) is 11.9 Å². The topological polar surface area (TPSA) is 55.6 Å². The van der Waals surface area contributed by atoms with Gasteiger partial charge in [-0.3, -0.25) is 4.79 Å². The number of carbonyl (C=O) groups is 1. The van der Waals surface area contributed by atoms with Crippen LogP contribution in [0, 0.1) is 13.8 Å². The zero-order valence-corrected chi connectivity index (χ0v) is 17.1. The van der Waals surface area contributed by atoms with Crippen molar-refractivity contribution in [2.75, 3.05) is 7.05 Å². The minimum atomic E-state index is 0.0315. The van der Waals surface area contributed by atoms with Crippen molar-refractivity contribution in [2.45, 2.75) is 45.8 Å². The summed E-state index contributed by atoms with van der Waals surface area (Å²) < 4.78 is 11.0. The Labute approximate surface area is 171 Å². The number of amides is 1. The number of benzene rings is 2. The summed E-state index contributed by atoms with van der Waals surface area (Å²) in [7, 11) is 1.90. The summed E-state index contributed by atoms with van der Waals surface area (Å²) in [5, 5.41) is 3.94. The number of hydrogen-bond donors (Lipinski definition) is 0. The van der Waals surface area contributed by atoms with Gasteiger partial charge in [0.1, 0.15) is 18.1 Å². The molecule has 1 heterocycles. The molecule has 1 amide bonds. The molecule has 4 rings (SSSR count). The fourth-order valence-electron chi connectivity index (χ4n) is 4.03. The first-order chi connectivity index (χ1) is 14.0. The Morgan fingerprint density at radius 1 is 1.17 bits per heavy atom. The zero-order valence-electron chi connectivity index (χ0n) is 17.1. The maximum Gasteiger partial charge on any atom is 0.254 e. The first-order valence-electron chi connectivity index (χ1n) is 10.0. The zero-order chi connectivity index (χ0) is 20.4. The van der Waals surface area contributed by atoms with Crippen LogP contribution in [0.15, 0.2) is 53.1 Å². The predicted octanol–water partition coefficient (Wildman–Crippen LogP) is 5.02. The van der Waals surface area contributed by atoms with E-state index < -0.39 is 0 Å². The average molecular weight is 390 g/mol. The van der Waals surface area contributed by atoms with E-state index in [0.29, 0.717) is 17.9 Å². The van der Waals surface area contributed by atoms with Crippen LogP contribution < -0.4 is 4.74 Å². The number of aromatic nitrogens is 1. The van der Waals surface area contributed by atoms with Gasteiger partial charge >= 0.3 is 0 Å². The molecule has 5 nitrogen and oxygen atoms in total. The first-order valence-corrected chi connectivity index (χ1v) is 10.0. The molecule has 0 spiro atoms. The Morgan fingerprint density at radius 2 is 1.93 bits per heavy atom. The van der Waals surface area contributed by atoms with Crippen LogP contribution in [0.2, 0.25) is 0 Å². The van der Waals surface area contributed by atoms with Gasteiger partial charge in [-0.15, -0.1) is 0 Å². The lowest BCUT2D eigenvalue weighted by atomic mass is 9.87. The van der Waals surface area contributed by atoms with Crippen LogP contribution in [-0.2, 0) is 13.0 Å². The fourth-order valence-corrected chi connectivity index (χ4v) is 4.03. The van der Waals surface area contributed by atoms with Gasteiger partial charge in [0, 0.05) is 12.6 Å². The molecule has 0 radical (unpaired) electrons.